The van der Waals surface area contributed by atoms with Crippen molar-refractivity contribution in [3.8, 4) is 33.4 Å². The summed E-state index contributed by atoms with van der Waals surface area (Å²) in [5, 5.41) is 2.73. The van der Waals surface area contributed by atoms with E-state index in [1.807, 2.05) is 0 Å². The van der Waals surface area contributed by atoms with Gasteiger partial charge >= 0.3 is 0 Å². The average molecular weight is 306 g/mol. The second kappa shape index (κ2) is 4.82. The number of benzene rings is 4. The van der Waals surface area contributed by atoms with E-state index in [1.165, 1.54) is 55.3 Å². The Hall–Kier alpha value is -2.86. The van der Waals surface area contributed by atoms with Crippen molar-refractivity contribution in [1.29, 1.82) is 0 Å². The standard InChI is InChI=1S/C24H18/c1-15-6-3-9-18(12-15)21-13-16(2)14-22-19-10-4-7-17-8-5-11-20(23(17)19)24(21)22/h3-14H,1-2H3. The molecule has 0 unspecified atom stereocenters. The fourth-order valence-electron chi connectivity index (χ4n) is 4.10. The van der Waals surface area contributed by atoms with Gasteiger partial charge in [0, 0.05) is 0 Å². The Kier molecular flexibility index (Phi) is 2.72. The Bertz CT molecular complexity index is 1110. The molecule has 0 fully saturated rings. The Morgan fingerprint density at radius 1 is 0.542 bits per heavy atom. The topological polar surface area (TPSA) is 0 Å². The van der Waals surface area contributed by atoms with Gasteiger partial charge in [0.2, 0.25) is 0 Å². The quantitative estimate of drug-likeness (QED) is 0.320. The predicted octanol–water partition coefficient (Wildman–Crippen LogP) is 6.77. The second-order valence-electron chi connectivity index (χ2n) is 6.81. The van der Waals surface area contributed by atoms with Crippen LogP contribution in [0.4, 0.5) is 0 Å². The lowest BCUT2D eigenvalue weighted by molar-refractivity contribution is 1.44. The largest absolute Gasteiger partial charge is 0.0614 e. The summed E-state index contributed by atoms with van der Waals surface area (Å²) >= 11 is 0. The molecule has 0 saturated carbocycles. The first kappa shape index (κ1) is 13.6. The van der Waals surface area contributed by atoms with Gasteiger partial charge in [0.1, 0.15) is 0 Å². The maximum absolute atomic E-state index is 2.34. The molecule has 0 heterocycles. The van der Waals surface area contributed by atoms with Crippen molar-refractivity contribution >= 4 is 10.8 Å². The van der Waals surface area contributed by atoms with Crippen molar-refractivity contribution in [3.63, 3.8) is 0 Å². The van der Waals surface area contributed by atoms with E-state index in [4.69, 9.17) is 0 Å². The molecule has 0 saturated heterocycles. The summed E-state index contributed by atoms with van der Waals surface area (Å²) < 4.78 is 0. The van der Waals surface area contributed by atoms with Crippen molar-refractivity contribution in [2.75, 3.05) is 0 Å². The van der Waals surface area contributed by atoms with Crippen LogP contribution in [0.5, 0.6) is 0 Å². The fraction of sp³-hybridized carbons (Fsp3) is 0.0833. The third kappa shape index (κ3) is 1.80. The lowest BCUT2D eigenvalue weighted by Gasteiger charge is -2.13. The second-order valence-corrected chi connectivity index (χ2v) is 6.81. The van der Waals surface area contributed by atoms with E-state index >= 15 is 0 Å². The summed E-state index contributed by atoms with van der Waals surface area (Å²) in [5.41, 5.74) is 10.8. The van der Waals surface area contributed by atoms with Gasteiger partial charge in [-0.15, -0.1) is 0 Å². The van der Waals surface area contributed by atoms with Gasteiger partial charge in [0.25, 0.3) is 0 Å². The van der Waals surface area contributed by atoms with E-state index in [0.29, 0.717) is 0 Å². The monoisotopic (exact) mass is 306 g/mol. The van der Waals surface area contributed by atoms with Crippen LogP contribution in [-0.2, 0) is 0 Å². The van der Waals surface area contributed by atoms with Crippen LogP contribution < -0.4 is 0 Å². The molecule has 5 rings (SSSR count). The Balaban J connectivity index is 1.93. The molecular weight excluding hydrogens is 288 g/mol. The lowest BCUT2D eigenvalue weighted by atomic mass is 9.91. The highest BCUT2D eigenvalue weighted by molar-refractivity contribution is 6.18. The maximum atomic E-state index is 2.34. The van der Waals surface area contributed by atoms with E-state index in [-0.39, 0.29) is 0 Å². The summed E-state index contributed by atoms with van der Waals surface area (Å²) in [5.74, 6) is 0. The van der Waals surface area contributed by atoms with E-state index in [9.17, 15) is 0 Å². The highest BCUT2D eigenvalue weighted by atomic mass is 14.3. The van der Waals surface area contributed by atoms with E-state index in [1.54, 1.807) is 0 Å². The van der Waals surface area contributed by atoms with Crippen molar-refractivity contribution in [2.45, 2.75) is 13.8 Å². The van der Waals surface area contributed by atoms with E-state index in [2.05, 4.69) is 86.6 Å². The highest BCUT2D eigenvalue weighted by Gasteiger charge is 2.24. The molecule has 114 valence electrons. The van der Waals surface area contributed by atoms with Gasteiger partial charge < -0.3 is 0 Å². The molecule has 4 aromatic rings. The van der Waals surface area contributed by atoms with Gasteiger partial charge in [-0.1, -0.05) is 78.4 Å². The van der Waals surface area contributed by atoms with Gasteiger partial charge in [-0.3, -0.25) is 0 Å². The molecule has 0 bridgehead atoms. The third-order valence-corrected chi connectivity index (χ3v) is 5.08. The van der Waals surface area contributed by atoms with Crippen molar-refractivity contribution in [3.05, 3.63) is 83.9 Å². The molecule has 4 aromatic carbocycles. The summed E-state index contributed by atoms with van der Waals surface area (Å²) in [7, 11) is 0. The number of aryl methyl sites for hydroxylation is 2. The molecule has 24 heavy (non-hydrogen) atoms. The van der Waals surface area contributed by atoms with Crippen LogP contribution in [0, 0.1) is 13.8 Å². The molecule has 0 amide bonds. The van der Waals surface area contributed by atoms with E-state index in [0.717, 1.165) is 0 Å². The molecule has 1 aliphatic rings. The SMILES string of the molecule is Cc1cccc(-c2cc(C)cc3c2-c2cccc4cccc-3c24)c1. The van der Waals surface area contributed by atoms with Gasteiger partial charge in [-0.25, -0.2) is 0 Å². The Labute approximate surface area is 142 Å². The van der Waals surface area contributed by atoms with E-state index < -0.39 is 0 Å². The van der Waals surface area contributed by atoms with Crippen molar-refractivity contribution in [2.24, 2.45) is 0 Å². The number of hydrogen-bond donors (Lipinski definition) is 0. The fourth-order valence-corrected chi connectivity index (χ4v) is 4.10. The molecule has 0 nitrogen and oxygen atoms in total. The average Bonchev–Trinajstić information content (AvgIpc) is 2.91. The summed E-state index contributed by atoms with van der Waals surface area (Å²) in [6.45, 7) is 4.36. The van der Waals surface area contributed by atoms with Crippen LogP contribution in [-0.4, -0.2) is 0 Å². The number of hydrogen-bond acceptors (Lipinski definition) is 0. The Morgan fingerprint density at radius 2 is 1.25 bits per heavy atom. The minimum absolute atomic E-state index is 1.30. The normalized spacial score (nSPS) is 11.8. The Morgan fingerprint density at radius 3 is 2.04 bits per heavy atom. The molecule has 0 heteroatoms. The van der Waals surface area contributed by atoms with Crippen LogP contribution in [0.1, 0.15) is 11.1 Å². The first-order valence-electron chi connectivity index (χ1n) is 8.46. The molecular formula is C24H18. The molecule has 0 radical (unpaired) electrons. The third-order valence-electron chi connectivity index (χ3n) is 5.08. The van der Waals surface area contributed by atoms with Gasteiger partial charge in [0.15, 0.2) is 0 Å². The summed E-state index contributed by atoms with van der Waals surface area (Å²) in [4.78, 5) is 0. The first-order chi connectivity index (χ1) is 11.7. The number of rotatable bonds is 1. The van der Waals surface area contributed by atoms with Crippen molar-refractivity contribution in [1.82, 2.24) is 0 Å². The van der Waals surface area contributed by atoms with Crippen LogP contribution in [0.15, 0.2) is 72.8 Å². The highest BCUT2D eigenvalue weighted by Crippen LogP contribution is 2.51. The zero-order valence-electron chi connectivity index (χ0n) is 13.9. The minimum Gasteiger partial charge on any atom is -0.0614 e. The first-order valence-corrected chi connectivity index (χ1v) is 8.46. The minimum atomic E-state index is 1.30. The van der Waals surface area contributed by atoms with Crippen molar-refractivity contribution < 1.29 is 0 Å². The smallest absolute Gasteiger partial charge is 0.00199 e. The molecule has 1 aliphatic carbocycles. The van der Waals surface area contributed by atoms with Crippen LogP contribution in [0.25, 0.3) is 44.2 Å². The molecule has 0 aromatic heterocycles. The molecule has 0 aliphatic heterocycles. The summed E-state index contributed by atoms with van der Waals surface area (Å²) in [6.07, 6.45) is 0. The molecule has 0 N–H and O–H groups in total. The predicted molar refractivity (Wildman–Crippen MR) is 103 cm³/mol. The lowest BCUT2D eigenvalue weighted by Crippen LogP contribution is -1.88. The van der Waals surface area contributed by atoms with Crippen LogP contribution in [0.2, 0.25) is 0 Å². The molecule has 0 atom stereocenters. The maximum Gasteiger partial charge on any atom is -0.00199 e. The van der Waals surface area contributed by atoms with Gasteiger partial charge in [-0.2, -0.15) is 0 Å². The van der Waals surface area contributed by atoms with Crippen LogP contribution in [0.3, 0.4) is 0 Å². The van der Waals surface area contributed by atoms with Crippen LogP contribution >= 0.6 is 0 Å². The summed E-state index contributed by atoms with van der Waals surface area (Å²) in [6, 6.07) is 26.8. The molecule has 0 spiro atoms. The van der Waals surface area contributed by atoms with Gasteiger partial charge in [0.05, 0.1) is 0 Å². The number of fused-ring (bicyclic) bond motifs is 3. The van der Waals surface area contributed by atoms with Gasteiger partial charge in [-0.05, 0) is 63.6 Å². The zero-order chi connectivity index (χ0) is 16.3. The zero-order valence-corrected chi connectivity index (χ0v) is 13.9.